The number of hydrogen-bond donors (Lipinski definition) is 0. The Morgan fingerprint density at radius 3 is 2.67 bits per heavy atom. The molecule has 1 rings (SSSR count). The van der Waals surface area contributed by atoms with E-state index in [4.69, 9.17) is 4.74 Å². The average molecular weight is 359 g/mol. The minimum atomic E-state index is -1.99. The second-order valence-corrected chi connectivity index (χ2v) is 20.4. The molecule has 0 aromatic rings. The molecular weight excluding hydrogens is 335 g/mol. The monoisotopic (exact) mass is 360 g/mol. The predicted molar refractivity (Wildman–Crippen MR) is 75.0 cm³/mol. The molecule has 0 spiro atoms. The Labute approximate surface area is 114 Å². The first-order chi connectivity index (χ1) is 8.35. The van der Waals surface area contributed by atoms with Crippen molar-refractivity contribution in [3.05, 3.63) is 10.2 Å². The third-order valence-corrected chi connectivity index (χ3v) is 6.52. The van der Waals surface area contributed by atoms with E-state index in [0.717, 1.165) is 12.8 Å². The van der Waals surface area contributed by atoms with Crippen molar-refractivity contribution >= 4 is 30.1 Å². The molecule has 2 unspecified atom stereocenters. The van der Waals surface area contributed by atoms with Gasteiger partial charge < -0.3 is 0 Å². The van der Waals surface area contributed by atoms with Gasteiger partial charge in [-0.3, -0.25) is 0 Å². The van der Waals surface area contributed by atoms with E-state index >= 15 is 0 Å². The van der Waals surface area contributed by atoms with Gasteiger partial charge in [-0.1, -0.05) is 0 Å². The predicted octanol–water partition coefficient (Wildman–Crippen LogP) is 2.97. The molecule has 4 heteroatoms. The van der Waals surface area contributed by atoms with E-state index in [1.807, 2.05) is 0 Å². The first-order valence-corrected chi connectivity index (χ1v) is 16.9. The quantitative estimate of drug-likeness (QED) is 0.441. The zero-order chi connectivity index (χ0) is 13.8. The SMILES string of the molecule is CCOC(=O)C1C(=O)CCCC1/C=[CH]\[Sn]([CH3])([CH3])[CH3]. The fraction of sp³-hybridized carbons (Fsp3) is 0.714. The molecule has 1 aliphatic rings. The van der Waals surface area contributed by atoms with Crippen molar-refractivity contribution in [2.75, 3.05) is 6.61 Å². The van der Waals surface area contributed by atoms with Crippen LogP contribution in [0.15, 0.2) is 10.2 Å². The summed E-state index contributed by atoms with van der Waals surface area (Å²) in [6.07, 6.45) is 4.46. The Balaban J connectivity index is 2.82. The van der Waals surface area contributed by atoms with Gasteiger partial charge in [-0.2, -0.15) is 0 Å². The van der Waals surface area contributed by atoms with E-state index in [1.165, 1.54) is 0 Å². The first-order valence-electron chi connectivity index (χ1n) is 6.74. The van der Waals surface area contributed by atoms with Gasteiger partial charge >= 0.3 is 114 Å². The summed E-state index contributed by atoms with van der Waals surface area (Å²) in [4.78, 5) is 30.8. The summed E-state index contributed by atoms with van der Waals surface area (Å²) in [5, 5.41) is 0. The van der Waals surface area contributed by atoms with E-state index in [0.29, 0.717) is 13.0 Å². The molecule has 2 atom stereocenters. The molecule has 0 amide bonds. The van der Waals surface area contributed by atoms with E-state index in [1.54, 1.807) is 6.92 Å². The molecule has 0 bridgehead atoms. The molecule has 1 fully saturated rings. The van der Waals surface area contributed by atoms with Crippen LogP contribution in [-0.2, 0) is 14.3 Å². The van der Waals surface area contributed by atoms with E-state index in [-0.39, 0.29) is 17.7 Å². The number of carbonyl (C=O) groups is 2. The van der Waals surface area contributed by atoms with Gasteiger partial charge in [-0.25, -0.2) is 0 Å². The number of esters is 1. The zero-order valence-corrected chi connectivity index (χ0v) is 14.7. The fourth-order valence-electron chi connectivity index (χ4n) is 2.23. The summed E-state index contributed by atoms with van der Waals surface area (Å²) in [7, 11) is 0. The van der Waals surface area contributed by atoms with Crippen LogP contribution in [0.3, 0.4) is 0 Å². The number of ether oxygens (including phenoxy) is 1. The molecule has 1 saturated carbocycles. The maximum absolute atomic E-state index is 11.9. The van der Waals surface area contributed by atoms with Crippen molar-refractivity contribution < 1.29 is 14.3 Å². The number of ketones is 1. The Bertz CT molecular complexity index is 341. The molecule has 0 saturated heterocycles. The van der Waals surface area contributed by atoms with Gasteiger partial charge in [0.15, 0.2) is 0 Å². The van der Waals surface area contributed by atoms with Gasteiger partial charge in [-0.05, 0) is 0 Å². The molecule has 0 aromatic carbocycles. The summed E-state index contributed by atoms with van der Waals surface area (Å²) in [5.74, 6) is -0.774. The first kappa shape index (κ1) is 15.7. The number of rotatable bonds is 4. The molecule has 0 aromatic heterocycles. The molecule has 102 valence electrons. The number of hydrogen-bond acceptors (Lipinski definition) is 3. The number of Topliss-reactive ketones (excluding diaryl/α,β-unsaturated/α-hetero) is 1. The molecule has 0 N–H and O–H groups in total. The minimum absolute atomic E-state index is 0.0541. The molecule has 3 nitrogen and oxygen atoms in total. The summed E-state index contributed by atoms with van der Waals surface area (Å²) in [6.45, 7) is 2.12. The third-order valence-electron chi connectivity index (χ3n) is 3.12. The molecule has 18 heavy (non-hydrogen) atoms. The average Bonchev–Trinajstić information content (AvgIpc) is 2.25. The van der Waals surface area contributed by atoms with Crippen LogP contribution in [0.1, 0.15) is 26.2 Å². The van der Waals surface area contributed by atoms with Crippen LogP contribution in [0.2, 0.25) is 14.8 Å². The normalized spacial score (nSPS) is 25.4. The summed E-state index contributed by atoms with van der Waals surface area (Å²) in [6, 6.07) is 0. The summed E-state index contributed by atoms with van der Waals surface area (Å²) >= 11 is -1.99. The molecular formula is C14H24O3Sn. The second kappa shape index (κ2) is 6.73. The van der Waals surface area contributed by atoms with Crippen LogP contribution >= 0.6 is 0 Å². The van der Waals surface area contributed by atoms with Crippen molar-refractivity contribution in [1.82, 2.24) is 0 Å². The van der Waals surface area contributed by atoms with E-state index in [2.05, 4.69) is 25.0 Å². The molecule has 0 heterocycles. The van der Waals surface area contributed by atoms with E-state index in [9.17, 15) is 9.59 Å². The van der Waals surface area contributed by atoms with Gasteiger partial charge in [-0.15, -0.1) is 0 Å². The topological polar surface area (TPSA) is 43.4 Å². The molecule has 1 aliphatic carbocycles. The zero-order valence-electron chi connectivity index (χ0n) is 11.9. The van der Waals surface area contributed by atoms with Crippen LogP contribution in [0.5, 0.6) is 0 Å². The van der Waals surface area contributed by atoms with Gasteiger partial charge in [0.2, 0.25) is 0 Å². The van der Waals surface area contributed by atoms with Crippen LogP contribution in [0, 0.1) is 11.8 Å². The Morgan fingerprint density at radius 2 is 2.11 bits per heavy atom. The number of carbonyl (C=O) groups excluding carboxylic acids is 2. The second-order valence-electron chi connectivity index (χ2n) is 5.98. The van der Waals surface area contributed by atoms with Gasteiger partial charge in [0, 0.05) is 0 Å². The summed E-state index contributed by atoms with van der Waals surface area (Å²) < 4.78 is 7.33. The van der Waals surface area contributed by atoms with Crippen molar-refractivity contribution in [3.8, 4) is 0 Å². The molecule has 0 aliphatic heterocycles. The van der Waals surface area contributed by atoms with Crippen LogP contribution in [0.25, 0.3) is 0 Å². The third kappa shape index (κ3) is 4.75. The van der Waals surface area contributed by atoms with Crippen LogP contribution in [-0.4, -0.2) is 36.7 Å². The summed E-state index contributed by atoms with van der Waals surface area (Å²) in [5.41, 5.74) is 0. The number of allylic oxidation sites excluding steroid dienone is 1. The van der Waals surface area contributed by atoms with Crippen LogP contribution in [0.4, 0.5) is 0 Å². The Kier molecular flexibility index (Phi) is 5.88. The van der Waals surface area contributed by atoms with Gasteiger partial charge in [0.25, 0.3) is 0 Å². The van der Waals surface area contributed by atoms with Gasteiger partial charge in [0.1, 0.15) is 0 Å². The van der Waals surface area contributed by atoms with Crippen molar-refractivity contribution in [2.24, 2.45) is 11.8 Å². The standard InChI is InChI=1S/C11H15O3.3CH3.Sn/c1-3-8-6-5-7-9(12)10(8)11(13)14-4-2;;;;/h1,3,8,10H,4-7H2,2H3;3*1H3;. The van der Waals surface area contributed by atoms with Crippen molar-refractivity contribution in [2.45, 2.75) is 41.0 Å². The van der Waals surface area contributed by atoms with E-state index < -0.39 is 24.3 Å². The van der Waals surface area contributed by atoms with Gasteiger partial charge in [0.05, 0.1) is 0 Å². The maximum atomic E-state index is 11.9. The van der Waals surface area contributed by atoms with Crippen molar-refractivity contribution in [1.29, 1.82) is 0 Å². The van der Waals surface area contributed by atoms with Crippen LogP contribution < -0.4 is 0 Å². The Morgan fingerprint density at radius 1 is 1.44 bits per heavy atom. The molecule has 0 radical (unpaired) electrons. The Hall–Kier alpha value is -0.321. The fourth-order valence-corrected chi connectivity index (χ4v) is 4.58. The van der Waals surface area contributed by atoms with Crippen molar-refractivity contribution in [3.63, 3.8) is 0 Å².